The van der Waals surface area contributed by atoms with Crippen molar-refractivity contribution in [3.8, 4) is 0 Å². The molecule has 4 rings (SSSR count). The Balaban J connectivity index is 1.56. The van der Waals surface area contributed by atoms with Gasteiger partial charge in [-0.2, -0.15) is 0 Å². The van der Waals surface area contributed by atoms with Crippen LogP contribution in [0.2, 0.25) is 0 Å². The van der Waals surface area contributed by atoms with E-state index < -0.39 is 0 Å². The fraction of sp³-hybridized carbons (Fsp3) is 0.182. The van der Waals surface area contributed by atoms with Crippen LogP contribution in [-0.2, 0) is 11.2 Å². The number of nitrogens with one attached hydrogen (secondary N) is 1. The number of carbonyl (C=O) groups excluding carboxylic acids is 2. The number of esters is 1. The number of amides is 1. The number of cyclic esters (lactones) is 1. The number of benzene rings is 2. The highest BCUT2D eigenvalue weighted by Crippen LogP contribution is 2.31. The second-order valence-corrected chi connectivity index (χ2v) is 6.59. The first kappa shape index (κ1) is 17.1. The number of rotatable bonds is 4. The van der Waals surface area contributed by atoms with Crippen LogP contribution in [0.4, 0.5) is 0 Å². The Morgan fingerprint density at radius 1 is 1.11 bits per heavy atom. The molecule has 2 heterocycles. The van der Waals surface area contributed by atoms with Gasteiger partial charge < -0.3 is 14.5 Å². The molecule has 0 bridgehead atoms. The second-order valence-electron chi connectivity index (χ2n) is 6.59. The van der Waals surface area contributed by atoms with Gasteiger partial charge in [0.2, 0.25) is 0 Å². The molecule has 0 radical (unpaired) electrons. The number of furan rings is 1. The first-order valence-corrected chi connectivity index (χ1v) is 8.85. The van der Waals surface area contributed by atoms with Gasteiger partial charge in [0.05, 0.1) is 17.9 Å². The standard InChI is InChI=1S/C22H19NO4/c1-14(19-8-5-11-26-19)23-21(24)16-9-10-18-17(12-16)13-20(27-22(18)25)15-6-3-2-4-7-15/h2-12,14,20H,13H2,1H3,(H,23,24). The van der Waals surface area contributed by atoms with Crippen LogP contribution in [0, 0.1) is 0 Å². The predicted octanol–water partition coefficient (Wildman–Crippen LogP) is 4.22. The van der Waals surface area contributed by atoms with E-state index in [4.69, 9.17) is 9.15 Å². The predicted molar refractivity (Wildman–Crippen MR) is 99.3 cm³/mol. The summed E-state index contributed by atoms with van der Waals surface area (Å²) >= 11 is 0. The number of hydrogen-bond donors (Lipinski definition) is 1. The van der Waals surface area contributed by atoms with E-state index in [1.165, 1.54) is 0 Å². The number of ether oxygens (including phenoxy) is 1. The van der Waals surface area contributed by atoms with Gasteiger partial charge in [0, 0.05) is 12.0 Å². The molecule has 0 saturated carbocycles. The van der Waals surface area contributed by atoms with E-state index in [0.717, 1.165) is 11.1 Å². The molecule has 2 unspecified atom stereocenters. The third kappa shape index (κ3) is 3.49. The molecule has 5 heteroatoms. The fourth-order valence-corrected chi connectivity index (χ4v) is 3.28. The quantitative estimate of drug-likeness (QED) is 0.706. The summed E-state index contributed by atoms with van der Waals surface area (Å²) in [6, 6.07) is 18.1. The summed E-state index contributed by atoms with van der Waals surface area (Å²) in [7, 11) is 0. The van der Waals surface area contributed by atoms with Crippen LogP contribution in [-0.4, -0.2) is 11.9 Å². The molecule has 0 fully saturated rings. The summed E-state index contributed by atoms with van der Waals surface area (Å²) in [6.07, 6.45) is 1.78. The molecule has 1 amide bonds. The zero-order valence-corrected chi connectivity index (χ0v) is 14.8. The molecule has 0 aliphatic carbocycles. The monoisotopic (exact) mass is 361 g/mol. The highest BCUT2D eigenvalue weighted by molar-refractivity contribution is 5.98. The van der Waals surface area contributed by atoms with E-state index in [1.807, 2.05) is 43.3 Å². The first-order valence-electron chi connectivity index (χ1n) is 8.85. The Morgan fingerprint density at radius 2 is 1.93 bits per heavy atom. The molecule has 2 aromatic carbocycles. The zero-order valence-electron chi connectivity index (χ0n) is 14.8. The molecule has 1 aliphatic rings. The molecule has 3 aromatic rings. The molecule has 136 valence electrons. The van der Waals surface area contributed by atoms with Crippen molar-refractivity contribution < 1.29 is 18.7 Å². The molecule has 2 atom stereocenters. The lowest BCUT2D eigenvalue weighted by molar-refractivity contribution is 0.0252. The summed E-state index contributed by atoms with van der Waals surface area (Å²) < 4.78 is 10.9. The Kier molecular flexibility index (Phi) is 4.50. The van der Waals surface area contributed by atoms with Gasteiger partial charge in [-0.05, 0) is 48.4 Å². The van der Waals surface area contributed by atoms with Gasteiger partial charge in [0.25, 0.3) is 5.91 Å². The summed E-state index contributed by atoms with van der Waals surface area (Å²) in [5, 5.41) is 2.91. The van der Waals surface area contributed by atoms with E-state index in [-0.39, 0.29) is 24.0 Å². The first-order chi connectivity index (χ1) is 13.1. The van der Waals surface area contributed by atoms with Gasteiger partial charge in [-0.15, -0.1) is 0 Å². The second kappa shape index (κ2) is 7.11. The maximum absolute atomic E-state index is 12.6. The lowest BCUT2D eigenvalue weighted by Gasteiger charge is -2.25. The van der Waals surface area contributed by atoms with Crippen molar-refractivity contribution in [1.82, 2.24) is 5.32 Å². The smallest absolute Gasteiger partial charge is 0.339 e. The van der Waals surface area contributed by atoms with Crippen molar-refractivity contribution in [2.45, 2.75) is 25.5 Å². The van der Waals surface area contributed by atoms with Crippen LogP contribution in [0.5, 0.6) is 0 Å². The van der Waals surface area contributed by atoms with Crippen molar-refractivity contribution in [3.63, 3.8) is 0 Å². The van der Waals surface area contributed by atoms with Gasteiger partial charge in [0.15, 0.2) is 0 Å². The van der Waals surface area contributed by atoms with Crippen LogP contribution in [0.3, 0.4) is 0 Å². The summed E-state index contributed by atoms with van der Waals surface area (Å²) in [5.74, 6) is 0.118. The van der Waals surface area contributed by atoms with Gasteiger partial charge in [-0.3, -0.25) is 4.79 Å². The molecular weight excluding hydrogens is 342 g/mol. The number of fused-ring (bicyclic) bond motifs is 1. The molecule has 5 nitrogen and oxygen atoms in total. The Bertz CT molecular complexity index is 963. The minimum atomic E-state index is -0.360. The van der Waals surface area contributed by atoms with Crippen LogP contribution in [0.15, 0.2) is 71.3 Å². The lowest BCUT2D eigenvalue weighted by Crippen LogP contribution is -2.27. The molecule has 0 spiro atoms. The highest BCUT2D eigenvalue weighted by Gasteiger charge is 2.28. The van der Waals surface area contributed by atoms with Crippen molar-refractivity contribution in [2.75, 3.05) is 0 Å². The fourth-order valence-electron chi connectivity index (χ4n) is 3.28. The maximum atomic E-state index is 12.6. The SMILES string of the molecule is CC(NC(=O)c1ccc2c(c1)CC(c1ccccc1)OC2=O)c1ccco1. The molecule has 1 N–H and O–H groups in total. The minimum Gasteiger partial charge on any atom is -0.467 e. The Labute approximate surface area is 157 Å². The number of hydrogen-bond acceptors (Lipinski definition) is 4. The number of carbonyl (C=O) groups is 2. The average molecular weight is 361 g/mol. The zero-order chi connectivity index (χ0) is 18.8. The summed E-state index contributed by atoms with van der Waals surface area (Å²) in [5.41, 5.74) is 2.78. The average Bonchev–Trinajstić information content (AvgIpc) is 3.23. The van der Waals surface area contributed by atoms with E-state index in [2.05, 4.69) is 5.32 Å². The van der Waals surface area contributed by atoms with Crippen molar-refractivity contribution in [1.29, 1.82) is 0 Å². The molecule has 1 aromatic heterocycles. The van der Waals surface area contributed by atoms with Gasteiger partial charge >= 0.3 is 5.97 Å². The van der Waals surface area contributed by atoms with E-state index in [9.17, 15) is 9.59 Å². The minimum absolute atomic E-state index is 0.211. The van der Waals surface area contributed by atoms with Crippen LogP contribution < -0.4 is 5.32 Å². The normalized spacial score (nSPS) is 16.9. The summed E-state index contributed by atoms with van der Waals surface area (Å²) in [6.45, 7) is 1.86. The van der Waals surface area contributed by atoms with Crippen LogP contribution in [0.1, 0.15) is 56.7 Å². The Morgan fingerprint density at radius 3 is 2.67 bits per heavy atom. The van der Waals surface area contributed by atoms with Crippen molar-refractivity contribution in [3.05, 3.63) is 94.9 Å². The highest BCUT2D eigenvalue weighted by atomic mass is 16.5. The van der Waals surface area contributed by atoms with E-state index >= 15 is 0 Å². The van der Waals surface area contributed by atoms with Gasteiger partial charge in [-0.1, -0.05) is 30.3 Å². The van der Waals surface area contributed by atoms with Crippen LogP contribution in [0.25, 0.3) is 0 Å². The Hall–Kier alpha value is -3.34. The summed E-state index contributed by atoms with van der Waals surface area (Å²) in [4.78, 5) is 24.9. The molecule has 1 aliphatic heterocycles. The third-order valence-electron chi connectivity index (χ3n) is 4.73. The van der Waals surface area contributed by atoms with Crippen molar-refractivity contribution in [2.24, 2.45) is 0 Å². The maximum Gasteiger partial charge on any atom is 0.339 e. The van der Waals surface area contributed by atoms with Crippen molar-refractivity contribution >= 4 is 11.9 Å². The van der Waals surface area contributed by atoms with E-state index in [1.54, 1.807) is 30.5 Å². The third-order valence-corrected chi connectivity index (χ3v) is 4.73. The lowest BCUT2D eigenvalue weighted by atomic mass is 9.93. The van der Waals surface area contributed by atoms with Gasteiger partial charge in [-0.25, -0.2) is 4.79 Å². The molecule has 27 heavy (non-hydrogen) atoms. The topological polar surface area (TPSA) is 68.5 Å². The molecular formula is C22H19NO4. The molecule has 0 saturated heterocycles. The van der Waals surface area contributed by atoms with E-state index in [0.29, 0.717) is 23.3 Å². The van der Waals surface area contributed by atoms with Gasteiger partial charge in [0.1, 0.15) is 11.9 Å². The largest absolute Gasteiger partial charge is 0.467 e. The van der Waals surface area contributed by atoms with Crippen LogP contribution >= 0.6 is 0 Å².